The van der Waals surface area contributed by atoms with Gasteiger partial charge >= 0.3 is 0 Å². The van der Waals surface area contributed by atoms with E-state index in [4.69, 9.17) is 0 Å². The molecule has 78 valence electrons. The Kier molecular flexibility index (Phi) is 4.45. The molecule has 0 radical (unpaired) electrons. The normalized spacial score (nSPS) is 10.9. The molecular formula is C12H12FNO. The molecule has 0 aliphatic carbocycles. The molecule has 0 fully saturated rings. The smallest absolute Gasteiger partial charge is 0.211 e. The summed E-state index contributed by atoms with van der Waals surface area (Å²) in [7, 11) is 0. The van der Waals surface area contributed by atoms with Crippen LogP contribution in [0.25, 0.3) is 5.57 Å². The van der Waals surface area contributed by atoms with Gasteiger partial charge in [-0.2, -0.15) is 0 Å². The molecule has 0 heterocycles. The molecule has 0 bridgehead atoms. The highest BCUT2D eigenvalue weighted by Crippen LogP contribution is 2.14. The Morgan fingerprint density at radius 1 is 1.47 bits per heavy atom. The number of hydrogen-bond acceptors (Lipinski definition) is 2. The fraction of sp³-hybridized carbons (Fsp3) is 0.250. The number of carbonyl (C=O) groups excluding carboxylic acids is 1. The molecule has 0 saturated carbocycles. The second-order valence-corrected chi connectivity index (χ2v) is 3.16. The third-order valence-electron chi connectivity index (χ3n) is 2.06. The zero-order chi connectivity index (χ0) is 11.1. The predicted molar refractivity (Wildman–Crippen MR) is 57.7 cm³/mol. The van der Waals surface area contributed by atoms with Crippen LogP contribution in [0, 0.1) is 5.82 Å². The van der Waals surface area contributed by atoms with E-state index in [0.717, 1.165) is 11.1 Å². The van der Waals surface area contributed by atoms with E-state index in [1.54, 1.807) is 12.1 Å². The number of halogens is 1. The van der Waals surface area contributed by atoms with Crippen molar-refractivity contribution in [3.63, 3.8) is 0 Å². The van der Waals surface area contributed by atoms with Gasteiger partial charge in [-0.25, -0.2) is 14.2 Å². The second-order valence-electron chi connectivity index (χ2n) is 3.16. The molecule has 0 saturated heterocycles. The molecule has 0 amide bonds. The summed E-state index contributed by atoms with van der Waals surface area (Å²) in [5.74, 6) is -0.239. The van der Waals surface area contributed by atoms with Gasteiger partial charge in [-0.3, -0.25) is 0 Å². The lowest BCUT2D eigenvalue weighted by atomic mass is 10.1. The van der Waals surface area contributed by atoms with Gasteiger partial charge in [0.1, 0.15) is 5.82 Å². The molecule has 0 atom stereocenters. The highest BCUT2D eigenvalue weighted by molar-refractivity contribution is 5.63. The average Bonchev–Trinajstić information content (AvgIpc) is 2.25. The van der Waals surface area contributed by atoms with E-state index in [1.807, 2.05) is 13.0 Å². The van der Waals surface area contributed by atoms with Crippen molar-refractivity contribution < 1.29 is 9.18 Å². The predicted octanol–water partition coefficient (Wildman–Crippen LogP) is 2.95. The standard InChI is InChI=1S/C12H12FNO/c1-10(3-2-8-14-9-15)11-4-6-12(13)7-5-11/h3-7H,2,8H2,1H3/b10-3-. The first-order valence-electron chi connectivity index (χ1n) is 4.70. The summed E-state index contributed by atoms with van der Waals surface area (Å²) in [4.78, 5) is 13.2. The Bertz CT molecular complexity index is 389. The van der Waals surface area contributed by atoms with E-state index in [0.29, 0.717) is 13.0 Å². The summed E-state index contributed by atoms with van der Waals surface area (Å²) in [6, 6.07) is 6.31. The first kappa shape index (κ1) is 11.3. The van der Waals surface area contributed by atoms with E-state index in [1.165, 1.54) is 18.2 Å². The Balaban J connectivity index is 2.63. The van der Waals surface area contributed by atoms with Crippen LogP contribution in [-0.2, 0) is 4.79 Å². The van der Waals surface area contributed by atoms with Gasteiger partial charge in [0, 0.05) is 0 Å². The van der Waals surface area contributed by atoms with E-state index < -0.39 is 0 Å². The lowest BCUT2D eigenvalue weighted by molar-refractivity contribution is 0.563. The van der Waals surface area contributed by atoms with Gasteiger partial charge in [0.15, 0.2) is 0 Å². The van der Waals surface area contributed by atoms with Gasteiger partial charge in [-0.05, 0) is 36.6 Å². The number of rotatable bonds is 4. The van der Waals surface area contributed by atoms with Crippen LogP contribution < -0.4 is 0 Å². The number of aliphatic imine (C=N–C) groups is 1. The number of allylic oxidation sites excluding steroid dienone is 1. The van der Waals surface area contributed by atoms with Crippen molar-refractivity contribution in [1.29, 1.82) is 0 Å². The van der Waals surface area contributed by atoms with Crippen molar-refractivity contribution in [3.8, 4) is 0 Å². The monoisotopic (exact) mass is 205 g/mol. The van der Waals surface area contributed by atoms with Gasteiger partial charge in [-0.1, -0.05) is 18.2 Å². The van der Waals surface area contributed by atoms with Crippen molar-refractivity contribution in [2.45, 2.75) is 13.3 Å². The molecule has 1 rings (SSSR count). The molecule has 1 aromatic rings. The third-order valence-corrected chi connectivity index (χ3v) is 2.06. The summed E-state index contributed by atoms with van der Waals surface area (Å²) >= 11 is 0. The maximum absolute atomic E-state index is 12.6. The zero-order valence-electron chi connectivity index (χ0n) is 8.53. The van der Waals surface area contributed by atoms with Crippen LogP contribution in [0.5, 0.6) is 0 Å². The molecule has 0 aliphatic heterocycles. The van der Waals surface area contributed by atoms with Crippen molar-refractivity contribution >= 4 is 11.7 Å². The van der Waals surface area contributed by atoms with E-state index in [-0.39, 0.29) is 5.82 Å². The van der Waals surface area contributed by atoms with Crippen LogP contribution in [-0.4, -0.2) is 12.6 Å². The minimum atomic E-state index is -0.239. The Labute approximate surface area is 88.2 Å². The maximum atomic E-state index is 12.6. The summed E-state index contributed by atoms with van der Waals surface area (Å²) < 4.78 is 12.6. The van der Waals surface area contributed by atoms with Crippen LogP contribution in [0.15, 0.2) is 35.3 Å². The van der Waals surface area contributed by atoms with Gasteiger partial charge in [0.25, 0.3) is 0 Å². The fourth-order valence-electron chi connectivity index (χ4n) is 1.22. The minimum Gasteiger partial charge on any atom is -0.211 e. The van der Waals surface area contributed by atoms with Crippen LogP contribution in [0.1, 0.15) is 18.9 Å². The summed E-state index contributed by atoms with van der Waals surface area (Å²) in [6.45, 7) is 2.39. The van der Waals surface area contributed by atoms with Crippen molar-refractivity contribution in [2.75, 3.05) is 6.54 Å². The molecule has 15 heavy (non-hydrogen) atoms. The first-order chi connectivity index (χ1) is 7.24. The first-order valence-corrected chi connectivity index (χ1v) is 4.70. The number of nitrogens with zero attached hydrogens (tertiary/aromatic N) is 1. The molecule has 2 nitrogen and oxygen atoms in total. The Hall–Kier alpha value is -1.73. The van der Waals surface area contributed by atoms with Gasteiger partial charge in [0.2, 0.25) is 6.08 Å². The topological polar surface area (TPSA) is 29.4 Å². The fourth-order valence-corrected chi connectivity index (χ4v) is 1.22. The summed E-state index contributed by atoms with van der Waals surface area (Å²) in [6.07, 6.45) is 4.14. The molecule has 0 unspecified atom stereocenters. The zero-order valence-corrected chi connectivity index (χ0v) is 8.53. The SMILES string of the molecule is C/C(=C/CCN=C=O)c1ccc(F)cc1. The van der Waals surface area contributed by atoms with Crippen molar-refractivity contribution in [1.82, 2.24) is 0 Å². The van der Waals surface area contributed by atoms with E-state index in [2.05, 4.69) is 4.99 Å². The van der Waals surface area contributed by atoms with Crippen molar-refractivity contribution in [2.24, 2.45) is 4.99 Å². The third kappa shape index (κ3) is 3.88. The molecule has 0 N–H and O–H groups in total. The Morgan fingerprint density at radius 2 is 2.13 bits per heavy atom. The summed E-state index contributed by atoms with van der Waals surface area (Å²) in [5, 5.41) is 0. The average molecular weight is 205 g/mol. The molecular weight excluding hydrogens is 193 g/mol. The molecule has 1 aromatic carbocycles. The largest absolute Gasteiger partial charge is 0.234 e. The van der Waals surface area contributed by atoms with Gasteiger partial charge in [-0.15, -0.1) is 0 Å². The number of hydrogen-bond donors (Lipinski definition) is 0. The van der Waals surface area contributed by atoms with Gasteiger partial charge < -0.3 is 0 Å². The highest BCUT2D eigenvalue weighted by atomic mass is 19.1. The molecule has 0 aromatic heterocycles. The number of benzene rings is 1. The van der Waals surface area contributed by atoms with Crippen LogP contribution >= 0.6 is 0 Å². The molecule has 0 spiro atoms. The quantitative estimate of drug-likeness (QED) is 0.422. The minimum absolute atomic E-state index is 0.239. The van der Waals surface area contributed by atoms with Crippen LogP contribution in [0.3, 0.4) is 0 Å². The maximum Gasteiger partial charge on any atom is 0.234 e. The van der Waals surface area contributed by atoms with E-state index in [9.17, 15) is 9.18 Å². The number of isocyanates is 1. The van der Waals surface area contributed by atoms with E-state index >= 15 is 0 Å². The van der Waals surface area contributed by atoms with Gasteiger partial charge in [0.05, 0.1) is 6.54 Å². The Morgan fingerprint density at radius 3 is 2.73 bits per heavy atom. The molecule has 0 aliphatic rings. The highest BCUT2D eigenvalue weighted by Gasteiger charge is 1.95. The van der Waals surface area contributed by atoms with Crippen LogP contribution in [0.4, 0.5) is 4.39 Å². The van der Waals surface area contributed by atoms with Crippen molar-refractivity contribution in [3.05, 3.63) is 41.7 Å². The second kappa shape index (κ2) is 5.89. The molecule has 3 heteroatoms. The van der Waals surface area contributed by atoms with Crippen LogP contribution in [0.2, 0.25) is 0 Å². The lowest BCUT2D eigenvalue weighted by Gasteiger charge is -2.00. The summed E-state index contributed by atoms with van der Waals surface area (Å²) in [5.41, 5.74) is 2.03. The lowest BCUT2D eigenvalue weighted by Crippen LogP contribution is -1.82.